The second kappa shape index (κ2) is 9.48. The van der Waals surface area contributed by atoms with Crippen LogP contribution in [0.15, 0.2) is 59.7 Å². The number of pyridine rings is 1. The minimum absolute atomic E-state index is 0.179. The predicted octanol–water partition coefficient (Wildman–Crippen LogP) is 6.09. The molecule has 0 aliphatic heterocycles. The second-order valence-electron chi connectivity index (χ2n) is 7.05. The Balaban J connectivity index is 1.85. The summed E-state index contributed by atoms with van der Waals surface area (Å²) >= 11 is 0. The van der Waals surface area contributed by atoms with Gasteiger partial charge in [0.05, 0.1) is 11.3 Å². The van der Waals surface area contributed by atoms with E-state index in [-0.39, 0.29) is 11.4 Å². The Morgan fingerprint density at radius 3 is 2.50 bits per heavy atom. The zero-order chi connectivity index (χ0) is 23.3. The molecule has 0 bridgehead atoms. The van der Waals surface area contributed by atoms with Crippen LogP contribution in [-0.2, 0) is 6.18 Å². The molecule has 32 heavy (non-hydrogen) atoms. The van der Waals surface area contributed by atoms with Crippen LogP contribution in [0.3, 0.4) is 0 Å². The number of anilines is 1. The standard InChI is InChI=1S/C25H20F3N3O/c1-4-29-22-13-18(7-5-17(22)3)8-10-19-14-20(9-6-16(19)2)24(32)31-23-15-21(11-12-30-23)25(26,27)28/h4-7,9,11-15H,1-3H3,(H,30,31,32). The van der Waals surface area contributed by atoms with Crippen molar-refractivity contribution in [1.82, 2.24) is 4.98 Å². The Morgan fingerprint density at radius 1 is 1.03 bits per heavy atom. The van der Waals surface area contributed by atoms with Crippen molar-refractivity contribution in [2.24, 2.45) is 4.99 Å². The molecular weight excluding hydrogens is 415 g/mol. The van der Waals surface area contributed by atoms with Crippen LogP contribution in [0.1, 0.15) is 45.1 Å². The minimum atomic E-state index is -4.52. The fourth-order valence-corrected chi connectivity index (χ4v) is 2.87. The third kappa shape index (κ3) is 5.61. The van der Waals surface area contributed by atoms with E-state index in [1.165, 1.54) is 0 Å². The number of alkyl halides is 3. The number of halogens is 3. The SMILES string of the molecule is CC=Nc1cc(C#Cc2cc(C(=O)Nc3cc(C(F)(F)F)ccn3)ccc2C)ccc1C. The van der Waals surface area contributed by atoms with Crippen molar-refractivity contribution in [3.8, 4) is 11.8 Å². The van der Waals surface area contributed by atoms with Crippen molar-refractivity contribution in [1.29, 1.82) is 0 Å². The number of carbonyl (C=O) groups excluding carboxylic acids is 1. The quantitative estimate of drug-likeness (QED) is 0.400. The van der Waals surface area contributed by atoms with Gasteiger partial charge in [0.1, 0.15) is 5.82 Å². The Morgan fingerprint density at radius 2 is 1.78 bits per heavy atom. The van der Waals surface area contributed by atoms with Crippen LogP contribution >= 0.6 is 0 Å². The number of nitrogens with one attached hydrogen (secondary N) is 1. The van der Waals surface area contributed by atoms with E-state index in [9.17, 15) is 18.0 Å². The number of rotatable bonds is 3. The molecule has 1 amide bonds. The summed E-state index contributed by atoms with van der Waals surface area (Å²) in [6.07, 6.45) is -1.80. The van der Waals surface area contributed by atoms with Crippen molar-refractivity contribution in [3.63, 3.8) is 0 Å². The Labute approximate surface area is 184 Å². The third-order valence-corrected chi connectivity index (χ3v) is 4.65. The summed E-state index contributed by atoms with van der Waals surface area (Å²) in [4.78, 5) is 20.7. The first-order chi connectivity index (χ1) is 15.2. The van der Waals surface area contributed by atoms with E-state index in [4.69, 9.17) is 0 Å². The number of aliphatic imine (C=N–C) groups is 1. The zero-order valence-electron chi connectivity index (χ0n) is 17.7. The van der Waals surface area contributed by atoms with E-state index in [1.54, 1.807) is 24.4 Å². The molecule has 0 spiro atoms. The summed E-state index contributed by atoms with van der Waals surface area (Å²) in [6.45, 7) is 5.67. The lowest BCUT2D eigenvalue weighted by molar-refractivity contribution is -0.137. The van der Waals surface area contributed by atoms with Gasteiger partial charge in [-0.3, -0.25) is 9.79 Å². The highest BCUT2D eigenvalue weighted by Crippen LogP contribution is 2.30. The molecule has 3 rings (SSSR count). The summed E-state index contributed by atoms with van der Waals surface area (Å²) < 4.78 is 38.6. The highest BCUT2D eigenvalue weighted by atomic mass is 19.4. The first kappa shape index (κ1) is 22.8. The first-order valence-corrected chi connectivity index (χ1v) is 9.74. The minimum Gasteiger partial charge on any atom is -0.307 e. The lowest BCUT2D eigenvalue weighted by Crippen LogP contribution is -2.14. The van der Waals surface area contributed by atoms with Crippen molar-refractivity contribution in [2.45, 2.75) is 26.9 Å². The molecule has 1 aromatic heterocycles. The molecule has 162 valence electrons. The van der Waals surface area contributed by atoms with Crippen LogP contribution in [0.4, 0.5) is 24.7 Å². The fourth-order valence-electron chi connectivity index (χ4n) is 2.87. The predicted molar refractivity (Wildman–Crippen MR) is 119 cm³/mol. The average molecular weight is 435 g/mol. The molecule has 0 saturated carbocycles. The molecule has 1 N–H and O–H groups in total. The molecule has 7 heteroatoms. The number of hydrogen-bond donors (Lipinski definition) is 1. The van der Waals surface area contributed by atoms with E-state index >= 15 is 0 Å². The van der Waals surface area contributed by atoms with Crippen molar-refractivity contribution < 1.29 is 18.0 Å². The normalized spacial score (nSPS) is 11.2. The highest BCUT2D eigenvalue weighted by Gasteiger charge is 2.30. The highest BCUT2D eigenvalue weighted by molar-refractivity contribution is 6.04. The second-order valence-corrected chi connectivity index (χ2v) is 7.05. The summed E-state index contributed by atoms with van der Waals surface area (Å²) in [7, 11) is 0. The Bertz CT molecular complexity index is 1250. The maximum atomic E-state index is 12.9. The number of hydrogen-bond acceptors (Lipinski definition) is 3. The average Bonchev–Trinajstić information content (AvgIpc) is 2.75. The van der Waals surface area contributed by atoms with Crippen LogP contribution in [0.5, 0.6) is 0 Å². The van der Waals surface area contributed by atoms with Gasteiger partial charge in [0, 0.05) is 29.1 Å². The van der Waals surface area contributed by atoms with Crippen LogP contribution in [0.25, 0.3) is 0 Å². The van der Waals surface area contributed by atoms with Crippen LogP contribution < -0.4 is 5.32 Å². The Hall–Kier alpha value is -3.92. The molecule has 0 aliphatic rings. The number of amides is 1. The molecular formula is C25H20F3N3O. The molecule has 0 saturated heterocycles. The van der Waals surface area contributed by atoms with Gasteiger partial charge in [-0.05, 0) is 68.3 Å². The van der Waals surface area contributed by atoms with Gasteiger partial charge < -0.3 is 5.32 Å². The van der Waals surface area contributed by atoms with Gasteiger partial charge in [-0.25, -0.2) is 4.98 Å². The van der Waals surface area contributed by atoms with Crippen molar-refractivity contribution in [2.75, 3.05) is 5.32 Å². The van der Waals surface area contributed by atoms with E-state index in [0.29, 0.717) is 5.56 Å². The topological polar surface area (TPSA) is 54.4 Å². The van der Waals surface area contributed by atoms with Gasteiger partial charge in [-0.2, -0.15) is 13.2 Å². The van der Waals surface area contributed by atoms with Gasteiger partial charge in [0.2, 0.25) is 0 Å². The van der Waals surface area contributed by atoms with E-state index < -0.39 is 17.6 Å². The molecule has 3 aromatic rings. The summed E-state index contributed by atoms with van der Waals surface area (Å²) in [6, 6.07) is 12.3. The van der Waals surface area contributed by atoms with Gasteiger partial charge in [0.15, 0.2) is 0 Å². The number of nitrogens with zero attached hydrogens (tertiary/aromatic N) is 2. The maximum Gasteiger partial charge on any atom is 0.416 e. The van der Waals surface area contributed by atoms with Gasteiger partial charge in [0.25, 0.3) is 5.91 Å². The number of carbonyl (C=O) groups is 1. The molecule has 2 aromatic carbocycles. The van der Waals surface area contributed by atoms with Crippen molar-refractivity contribution >= 4 is 23.6 Å². The first-order valence-electron chi connectivity index (χ1n) is 9.74. The van der Waals surface area contributed by atoms with Crippen LogP contribution in [0.2, 0.25) is 0 Å². The third-order valence-electron chi connectivity index (χ3n) is 4.65. The maximum absolute atomic E-state index is 12.9. The molecule has 0 unspecified atom stereocenters. The van der Waals surface area contributed by atoms with E-state index in [0.717, 1.165) is 40.7 Å². The molecule has 0 fully saturated rings. The lowest BCUT2D eigenvalue weighted by atomic mass is 10.0. The summed E-state index contributed by atoms with van der Waals surface area (Å²) in [5.74, 6) is 5.38. The van der Waals surface area contributed by atoms with E-state index in [1.807, 2.05) is 39.0 Å². The molecule has 0 atom stereocenters. The van der Waals surface area contributed by atoms with Crippen molar-refractivity contribution in [3.05, 3.63) is 88.1 Å². The molecule has 0 aliphatic carbocycles. The fraction of sp³-hybridized carbons (Fsp3) is 0.160. The molecule has 4 nitrogen and oxygen atoms in total. The summed E-state index contributed by atoms with van der Waals surface area (Å²) in [5.41, 5.74) is 3.52. The van der Waals surface area contributed by atoms with Gasteiger partial charge in [-0.1, -0.05) is 24.0 Å². The lowest BCUT2D eigenvalue weighted by Gasteiger charge is -2.09. The number of aromatic nitrogens is 1. The molecule has 0 radical (unpaired) electrons. The van der Waals surface area contributed by atoms with E-state index in [2.05, 4.69) is 27.1 Å². The van der Waals surface area contributed by atoms with Gasteiger partial charge >= 0.3 is 6.18 Å². The zero-order valence-corrected chi connectivity index (χ0v) is 17.7. The largest absolute Gasteiger partial charge is 0.416 e. The smallest absolute Gasteiger partial charge is 0.307 e. The molecule has 1 heterocycles. The monoisotopic (exact) mass is 435 g/mol. The number of benzene rings is 2. The van der Waals surface area contributed by atoms with Gasteiger partial charge in [-0.15, -0.1) is 0 Å². The van der Waals surface area contributed by atoms with Crippen LogP contribution in [0, 0.1) is 25.7 Å². The Kier molecular flexibility index (Phi) is 6.74. The summed E-state index contributed by atoms with van der Waals surface area (Å²) in [5, 5.41) is 2.40. The van der Waals surface area contributed by atoms with Crippen LogP contribution in [-0.4, -0.2) is 17.1 Å². The number of aryl methyl sites for hydroxylation is 2.